The zero-order valence-electron chi connectivity index (χ0n) is 19.0. The minimum Gasteiger partial charge on any atom is -0.392 e. The monoisotopic (exact) mass is 460 g/mol. The van der Waals surface area contributed by atoms with Crippen LogP contribution in [0.1, 0.15) is 39.9 Å². The van der Waals surface area contributed by atoms with E-state index in [0.717, 1.165) is 27.8 Å². The molecule has 0 fully saturated rings. The number of carbonyl (C=O) groups is 3. The standard InChI is InChI=1S/C27H28N2O5/c1-18-3-2-4-20(15-18)16-29-24(13-14-25(28)31)27(33)34-26(32)23-11-9-22(10-12-23)21-7-5-19(17-30)6-8-21/h2-12,15,24,29-30H,13-14,16-17H2,1H3,(H2,28,31)/t24-/m0/s1. The quantitative estimate of drug-likeness (QED) is 0.316. The number of aliphatic hydroxyl groups excluding tert-OH is 1. The first kappa shape index (κ1) is 24.8. The van der Waals surface area contributed by atoms with Crippen LogP contribution in [0, 0.1) is 6.92 Å². The summed E-state index contributed by atoms with van der Waals surface area (Å²) in [5.74, 6) is -2.07. The van der Waals surface area contributed by atoms with E-state index in [1.54, 1.807) is 24.3 Å². The van der Waals surface area contributed by atoms with Crippen LogP contribution in [0.25, 0.3) is 11.1 Å². The van der Waals surface area contributed by atoms with Gasteiger partial charge in [-0.25, -0.2) is 9.59 Å². The van der Waals surface area contributed by atoms with Crippen molar-refractivity contribution in [3.05, 3.63) is 95.1 Å². The van der Waals surface area contributed by atoms with Gasteiger partial charge in [-0.05, 0) is 47.7 Å². The highest BCUT2D eigenvalue weighted by Crippen LogP contribution is 2.21. The van der Waals surface area contributed by atoms with Crippen molar-refractivity contribution in [2.45, 2.75) is 39.0 Å². The summed E-state index contributed by atoms with van der Waals surface area (Å²) in [6.45, 7) is 2.31. The molecule has 3 rings (SSSR count). The first-order valence-corrected chi connectivity index (χ1v) is 11.0. The summed E-state index contributed by atoms with van der Waals surface area (Å²) in [6, 6.07) is 21.0. The smallest absolute Gasteiger partial charge is 0.345 e. The van der Waals surface area contributed by atoms with Gasteiger partial charge in [-0.15, -0.1) is 0 Å². The van der Waals surface area contributed by atoms with E-state index in [-0.39, 0.29) is 25.0 Å². The molecule has 0 aromatic heterocycles. The molecule has 1 atom stereocenters. The Hall–Kier alpha value is -3.81. The van der Waals surface area contributed by atoms with Gasteiger partial charge in [-0.1, -0.05) is 66.2 Å². The Morgan fingerprint density at radius 3 is 2.18 bits per heavy atom. The maximum Gasteiger partial charge on any atom is 0.345 e. The average molecular weight is 461 g/mol. The molecule has 0 saturated heterocycles. The number of rotatable bonds is 10. The van der Waals surface area contributed by atoms with Gasteiger partial charge in [-0.2, -0.15) is 0 Å². The minimum atomic E-state index is -0.860. The van der Waals surface area contributed by atoms with Gasteiger partial charge >= 0.3 is 11.9 Å². The number of primary amides is 1. The van der Waals surface area contributed by atoms with E-state index in [1.807, 2.05) is 55.5 Å². The first-order chi connectivity index (χ1) is 16.4. The number of benzene rings is 3. The molecule has 1 amide bonds. The lowest BCUT2D eigenvalue weighted by molar-refractivity contribution is -0.140. The third-order valence-corrected chi connectivity index (χ3v) is 5.38. The number of nitrogens with two attached hydrogens (primary N) is 1. The zero-order chi connectivity index (χ0) is 24.5. The highest BCUT2D eigenvalue weighted by Gasteiger charge is 2.24. The van der Waals surface area contributed by atoms with Gasteiger partial charge in [0.15, 0.2) is 0 Å². The van der Waals surface area contributed by atoms with Crippen molar-refractivity contribution in [2.24, 2.45) is 5.73 Å². The number of carbonyl (C=O) groups excluding carboxylic acids is 3. The number of esters is 2. The fraction of sp³-hybridized carbons (Fsp3) is 0.222. The third kappa shape index (κ3) is 7.10. The molecular formula is C27H28N2O5. The van der Waals surface area contributed by atoms with E-state index < -0.39 is 23.9 Å². The number of hydrogen-bond donors (Lipinski definition) is 3. The Bertz CT molecular complexity index is 1140. The van der Waals surface area contributed by atoms with Crippen LogP contribution in [-0.4, -0.2) is 29.0 Å². The van der Waals surface area contributed by atoms with Gasteiger partial charge in [0.1, 0.15) is 6.04 Å². The van der Waals surface area contributed by atoms with Crippen molar-refractivity contribution in [3.63, 3.8) is 0 Å². The van der Waals surface area contributed by atoms with Crippen molar-refractivity contribution in [3.8, 4) is 11.1 Å². The molecule has 0 aliphatic carbocycles. The third-order valence-electron chi connectivity index (χ3n) is 5.38. The zero-order valence-corrected chi connectivity index (χ0v) is 19.0. The predicted octanol–water partition coefficient (Wildman–Crippen LogP) is 3.26. The molecule has 7 nitrogen and oxygen atoms in total. The number of aliphatic hydroxyl groups is 1. The Kier molecular flexibility index (Phi) is 8.67. The van der Waals surface area contributed by atoms with Crippen LogP contribution < -0.4 is 11.1 Å². The summed E-state index contributed by atoms with van der Waals surface area (Å²) >= 11 is 0. The highest BCUT2D eigenvalue weighted by molar-refractivity contribution is 5.98. The fourth-order valence-electron chi connectivity index (χ4n) is 3.48. The van der Waals surface area contributed by atoms with Crippen molar-refractivity contribution >= 4 is 17.8 Å². The van der Waals surface area contributed by atoms with Crippen molar-refractivity contribution in [1.29, 1.82) is 0 Å². The molecule has 0 bridgehead atoms. The largest absolute Gasteiger partial charge is 0.392 e. The van der Waals surface area contributed by atoms with Crippen LogP contribution in [0.5, 0.6) is 0 Å². The number of hydrogen-bond acceptors (Lipinski definition) is 6. The molecular weight excluding hydrogens is 432 g/mol. The second-order valence-electron chi connectivity index (χ2n) is 8.07. The molecule has 0 saturated carbocycles. The predicted molar refractivity (Wildman–Crippen MR) is 128 cm³/mol. The fourth-order valence-corrected chi connectivity index (χ4v) is 3.48. The molecule has 0 spiro atoms. The molecule has 4 N–H and O–H groups in total. The molecule has 3 aromatic carbocycles. The molecule has 0 aliphatic rings. The van der Waals surface area contributed by atoms with E-state index in [4.69, 9.17) is 15.6 Å². The van der Waals surface area contributed by atoms with Crippen molar-refractivity contribution in [2.75, 3.05) is 0 Å². The summed E-state index contributed by atoms with van der Waals surface area (Å²) in [7, 11) is 0. The van der Waals surface area contributed by atoms with E-state index >= 15 is 0 Å². The average Bonchev–Trinajstić information content (AvgIpc) is 2.84. The van der Waals surface area contributed by atoms with Gasteiger partial charge in [0.05, 0.1) is 12.2 Å². The summed E-state index contributed by atoms with van der Waals surface area (Å²) < 4.78 is 5.10. The molecule has 176 valence electrons. The molecule has 34 heavy (non-hydrogen) atoms. The highest BCUT2D eigenvalue weighted by atomic mass is 16.6. The van der Waals surface area contributed by atoms with Crippen molar-refractivity contribution in [1.82, 2.24) is 5.32 Å². The Balaban J connectivity index is 1.64. The molecule has 0 aliphatic heterocycles. The Labute approximate surface area is 198 Å². The van der Waals surface area contributed by atoms with Crippen molar-refractivity contribution < 1.29 is 24.2 Å². The lowest BCUT2D eigenvalue weighted by Crippen LogP contribution is -2.39. The van der Waals surface area contributed by atoms with Crippen LogP contribution in [0.4, 0.5) is 0 Å². The normalized spacial score (nSPS) is 11.6. The number of ether oxygens (including phenoxy) is 1. The molecule has 3 aromatic rings. The van der Waals surface area contributed by atoms with E-state index in [2.05, 4.69) is 5.32 Å². The van der Waals surface area contributed by atoms with Crippen LogP contribution in [0.3, 0.4) is 0 Å². The second kappa shape index (κ2) is 11.9. The maximum atomic E-state index is 12.7. The summed E-state index contributed by atoms with van der Waals surface area (Å²) in [5, 5.41) is 12.2. The number of aryl methyl sites for hydroxylation is 1. The lowest BCUT2D eigenvalue weighted by Gasteiger charge is -2.17. The summed E-state index contributed by atoms with van der Waals surface area (Å²) in [5.41, 5.74) is 10.1. The number of nitrogens with one attached hydrogen (secondary N) is 1. The molecule has 7 heteroatoms. The molecule has 0 unspecified atom stereocenters. The van der Waals surface area contributed by atoms with E-state index in [9.17, 15) is 14.4 Å². The SMILES string of the molecule is Cc1cccc(CN[C@@H](CCC(N)=O)C(=O)OC(=O)c2ccc(-c3ccc(CO)cc3)cc2)c1. The second-order valence-corrected chi connectivity index (χ2v) is 8.07. The Morgan fingerprint density at radius 1 is 0.941 bits per heavy atom. The Morgan fingerprint density at radius 2 is 1.59 bits per heavy atom. The van der Waals surface area contributed by atoms with Crippen LogP contribution in [-0.2, 0) is 27.5 Å². The van der Waals surface area contributed by atoms with Crippen LogP contribution >= 0.6 is 0 Å². The van der Waals surface area contributed by atoms with Gasteiger partial charge in [0.25, 0.3) is 0 Å². The van der Waals surface area contributed by atoms with Gasteiger partial charge < -0.3 is 20.9 Å². The topological polar surface area (TPSA) is 119 Å². The van der Waals surface area contributed by atoms with Gasteiger partial charge in [-0.3, -0.25) is 4.79 Å². The lowest BCUT2D eigenvalue weighted by atomic mass is 10.0. The van der Waals surface area contributed by atoms with Crippen LogP contribution in [0.2, 0.25) is 0 Å². The van der Waals surface area contributed by atoms with Gasteiger partial charge in [0, 0.05) is 13.0 Å². The van der Waals surface area contributed by atoms with Gasteiger partial charge in [0.2, 0.25) is 5.91 Å². The minimum absolute atomic E-state index is 0.0153. The number of amides is 1. The molecule has 0 heterocycles. The molecule has 0 radical (unpaired) electrons. The first-order valence-electron chi connectivity index (χ1n) is 11.0. The maximum absolute atomic E-state index is 12.7. The van der Waals surface area contributed by atoms with E-state index in [0.29, 0.717) is 6.54 Å². The van der Waals surface area contributed by atoms with Crippen LogP contribution in [0.15, 0.2) is 72.8 Å². The summed E-state index contributed by atoms with van der Waals surface area (Å²) in [4.78, 5) is 36.5. The van der Waals surface area contributed by atoms with E-state index in [1.165, 1.54) is 0 Å². The summed E-state index contributed by atoms with van der Waals surface area (Å²) in [6.07, 6.45) is 0.106.